The Bertz CT molecular complexity index is 711. The van der Waals surface area contributed by atoms with Crippen molar-refractivity contribution in [3.8, 4) is 5.75 Å². The van der Waals surface area contributed by atoms with E-state index < -0.39 is 0 Å². The number of carbonyl (C=O) groups excluding carboxylic acids is 1. The maximum absolute atomic E-state index is 12.4. The first-order chi connectivity index (χ1) is 11.7. The molecule has 1 aliphatic heterocycles. The van der Waals surface area contributed by atoms with Crippen LogP contribution in [0.2, 0.25) is 0 Å². The average Bonchev–Trinajstić information content (AvgIpc) is 3.18. The first-order valence-corrected chi connectivity index (χ1v) is 8.79. The molecule has 0 spiro atoms. The number of amides is 1. The van der Waals surface area contributed by atoms with Crippen LogP contribution < -0.4 is 4.74 Å². The normalized spacial score (nSPS) is 17.3. The molecule has 0 bridgehead atoms. The van der Waals surface area contributed by atoms with Crippen molar-refractivity contribution >= 4 is 17.7 Å². The minimum Gasteiger partial charge on any atom is -0.497 e. The number of aromatic nitrogens is 2. The number of likely N-dealkylation sites (tertiary alicyclic amines) is 1. The number of hydrogen-bond acceptors (Lipinski definition) is 4. The monoisotopic (exact) mass is 343 g/mol. The molecule has 0 unspecified atom stereocenters. The molecule has 0 N–H and O–H groups in total. The molecule has 6 heteroatoms. The van der Waals surface area contributed by atoms with Crippen LogP contribution in [0.4, 0.5) is 0 Å². The van der Waals surface area contributed by atoms with Gasteiger partial charge in [-0.2, -0.15) is 0 Å². The molecule has 1 saturated heterocycles. The zero-order valence-corrected chi connectivity index (χ0v) is 14.5. The van der Waals surface area contributed by atoms with E-state index in [-0.39, 0.29) is 11.2 Å². The van der Waals surface area contributed by atoms with Gasteiger partial charge in [0.05, 0.1) is 12.4 Å². The first-order valence-electron chi connectivity index (χ1n) is 7.91. The van der Waals surface area contributed by atoms with Gasteiger partial charge in [0.2, 0.25) is 5.91 Å². The summed E-state index contributed by atoms with van der Waals surface area (Å²) in [5.74, 6) is 1.02. The Kier molecular flexibility index (Phi) is 5.25. The second-order valence-corrected chi connectivity index (χ2v) is 6.82. The fourth-order valence-electron chi connectivity index (χ4n) is 2.75. The molecular formula is C18H21N3O2S. The van der Waals surface area contributed by atoms with Gasteiger partial charge in [-0.15, -0.1) is 6.58 Å². The number of nitrogens with zero attached hydrogens (tertiary/aromatic N) is 3. The van der Waals surface area contributed by atoms with Crippen molar-refractivity contribution in [2.45, 2.75) is 23.4 Å². The van der Waals surface area contributed by atoms with Crippen molar-refractivity contribution in [2.75, 3.05) is 20.2 Å². The number of rotatable bonds is 7. The summed E-state index contributed by atoms with van der Waals surface area (Å²) >= 11 is 1.55. The molecule has 0 saturated carbocycles. The lowest BCUT2D eigenvalue weighted by atomic mass is 10.2. The second-order valence-electron chi connectivity index (χ2n) is 5.65. The topological polar surface area (TPSA) is 47.4 Å². The van der Waals surface area contributed by atoms with Crippen LogP contribution in [-0.4, -0.2) is 45.8 Å². The third kappa shape index (κ3) is 3.64. The predicted molar refractivity (Wildman–Crippen MR) is 95.4 cm³/mol. The number of methoxy groups -OCH3 is 1. The van der Waals surface area contributed by atoms with Gasteiger partial charge in [-0.1, -0.05) is 30.0 Å². The summed E-state index contributed by atoms with van der Waals surface area (Å²) in [7, 11) is 1.66. The maximum Gasteiger partial charge on any atom is 0.236 e. The Morgan fingerprint density at radius 2 is 2.21 bits per heavy atom. The molecule has 0 radical (unpaired) electrons. The second kappa shape index (κ2) is 7.57. The minimum absolute atomic E-state index is 0.0537. The SMILES string of the molecule is C=CCN1CC[C@H](Sc2nccn2Cc2ccc(OC)cc2)C1=O. The van der Waals surface area contributed by atoms with Crippen LogP contribution >= 0.6 is 11.8 Å². The molecule has 2 aromatic rings. The summed E-state index contributed by atoms with van der Waals surface area (Å²) in [5, 5.41) is 0.826. The Morgan fingerprint density at radius 3 is 2.92 bits per heavy atom. The molecule has 5 nitrogen and oxygen atoms in total. The Morgan fingerprint density at radius 1 is 1.42 bits per heavy atom. The molecule has 1 aromatic heterocycles. The van der Waals surface area contributed by atoms with Crippen LogP contribution in [0.5, 0.6) is 5.75 Å². The third-order valence-corrected chi connectivity index (χ3v) is 5.31. The van der Waals surface area contributed by atoms with Crippen LogP contribution in [0.1, 0.15) is 12.0 Å². The van der Waals surface area contributed by atoms with E-state index in [4.69, 9.17) is 4.74 Å². The van der Waals surface area contributed by atoms with E-state index in [1.54, 1.807) is 31.1 Å². The summed E-state index contributed by atoms with van der Waals surface area (Å²) in [5.41, 5.74) is 1.17. The summed E-state index contributed by atoms with van der Waals surface area (Å²) in [4.78, 5) is 18.6. The van der Waals surface area contributed by atoms with Crippen molar-refractivity contribution in [3.05, 3.63) is 54.9 Å². The van der Waals surface area contributed by atoms with Crippen LogP contribution in [0, 0.1) is 0 Å². The number of thioether (sulfide) groups is 1. The maximum atomic E-state index is 12.4. The fourth-order valence-corrected chi connectivity index (χ4v) is 3.86. The van der Waals surface area contributed by atoms with E-state index in [1.165, 1.54) is 5.56 Å². The molecule has 1 fully saturated rings. The number of carbonyl (C=O) groups is 1. The van der Waals surface area contributed by atoms with Gasteiger partial charge in [0.1, 0.15) is 5.75 Å². The number of hydrogen-bond donors (Lipinski definition) is 0. The Hall–Kier alpha value is -2.21. The molecule has 24 heavy (non-hydrogen) atoms. The summed E-state index contributed by atoms with van der Waals surface area (Å²) in [6, 6.07) is 7.99. The molecule has 2 heterocycles. The van der Waals surface area contributed by atoms with Gasteiger partial charge in [0.25, 0.3) is 0 Å². The molecule has 126 valence electrons. The van der Waals surface area contributed by atoms with Crippen molar-refractivity contribution in [2.24, 2.45) is 0 Å². The molecule has 1 atom stereocenters. The molecule has 1 aromatic carbocycles. The minimum atomic E-state index is -0.0537. The highest BCUT2D eigenvalue weighted by Gasteiger charge is 2.32. The summed E-state index contributed by atoms with van der Waals surface area (Å²) < 4.78 is 7.27. The highest BCUT2D eigenvalue weighted by Crippen LogP contribution is 2.30. The van der Waals surface area contributed by atoms with E-state index in [9.17, 15) is 4.79 Å². The number of benzene rings is 1. The van der Waals surface area contributed by atoms with E-state index >= 15 is 0 Å². The van der Waals surface area contributed by atoms with Gasteiger partial charge in [-0.05, 0) is 24.1 Å². The van der Waals surface area contributed by atoms with E-state index in [0.717, 1.165) is 30.4 Å². The summed E-state index contributed by atoms with van der Waals surface area (Å²) in [6.07, 6.45) is 6.36. The van der Waals surface area contributed by atoms with E-state index in [2.05, 4.69) is 16.1 Å². The third-order valence-electron chi connectivity index (χ3n) is 4.03. The van der Waals surface area contributed by atoms with Gasteiger partial charge in [0, 0.05) is 32.0 Å². The van der Waals surface area contributed by atoms with Gasteiger partial charge < -0.3 is 14.2 Å². The van der Waals surface area contributed by atoms with Crippen molar-refractivity contribution in [1.29, 1.82) is 0 Å². The quantitative estimate of drug-likeness (QED) is 0.725. The molecule has 1 amide bonds. The van der Waals surface area contributed by atoms with E-state index in [1.807, 2.05) is 35.4 Å². The summed E-state index contributed by atoms with van der Waals surface area (Å²) in [6.45, 7) is 5.85. The van der Waals surface area contributed by atoms with Gasteiger partial charge in [0.15, 0.2) is 5.16 Å². The standard InChI is InChI=1S/C18H21N3O2S/c1-3-10-20-11-8-16(17(20)22)24-18-19-9-12-21(18)13-14-4-6-15(23-2)7-5-14/h3-7,9,12,16H,1,8,10-11,13H2,2H3/t16-/m0/s1. The largest absolute Gasteiger partial charge is 0.497 e. The van der Waals surface area contributed by atoms with Crippen LogP contribution in [-0.2, 0) is 11.3 Å². The van der Waals surface area contributed by atoms with Crippen LogP contribution in [0.15, 0.2) is 54.5 Å². The average molecular weight is 343 g/mol. The van der Waals surface area contributed by atoms with Gasteiger partial charge in [-0.3, -0.25) is 4.79 Å². The molecular weight excluding hydrogens is 322 g/mol. The highest BCUT2D eigenvalue weighted by atomic mass is 32.2. The zero-order valence-electron chi connectivity index (χ0n) is 13.7. The van der Waals surface area contributed by atoms with E-state index in [0.29, 0.717) is 6.54 Å². The lowest BCUT2D eigenvalue weighted by molar-refractivity contribution is -0.126. The van der Waals surface area contributed by atoms with Crippen molar-refractivity contribution in [1.82, 2.24) is 14.5 Å². The number of ether oxygens (including phenoxy) is 1. The highest BCUT2D eigenvalue weighted by molar-refractivity contribution is 8.00. The fraction of sp³-hybridized carbons (Fsp3) is 0.333. The Balaban J connectivity index is 1.67. The Labute approximate surface area is 146 Å². The molecule has 1 aliphatic rings. The van der Waals surface area contributed by atoms with Crippen LogP contribution in [0.3, 0.4) is 0 Å². The lowest BCUT2D eigenvalue weighted by Crippen LogP contribution is -2.28. The van der Waals surface area contributed by atoms with Gasteiger partial charge in [-0.25, -0.2) is 4.98 Å². The molecule has 3 rings (SSSR count). The van der Waals surface area contributed by atoms with Crippen molar-refractivity contribution in [3.63, 3.8) is 0 Å². The smallest absolute Gasteiger partial charge is 0.236 e. The van der Waals surface area contributed by atoms with Gasteiger partial charge >= 0.3 is 0 Å². The number of imidazole rings is 1. The predicted octanol–water partition coefficient (Wildman–Crippen LogP) is 2.82. The van der Waals surface area contributed by atoms with Crippen LogP contribution in [0.25, 0.3) is 0 Å². The van der Waals surface area contributed by atoms with Crippen molar-refractivity contribution < 1.29 is 9.53 Å². The molecule has 0 aliphatic carbocycles. The zero-order chi connectivity index (χ0) is 16.9. The first kappa shape index (κ1) is 16.6. The lowest BCUT2D eigenvalue weighted by Gasteiger charge is -2.14.